The van der Waals surface area contributed by atoms with E-state index in [1.54, 1.807) is 0 Å². The molecule has 0 atom stereocenters. The van der Waals surface area contributed by atoms with E-state index in [1.165, 1.54) is 6.92 Å². The summed E-state index contributed by atoms with van der Waals surface area (Å²) >= 11 is 4.68. The summed E-state index contributed by atoms with van der Waals surface area (Å²) < 4.78 is 34.1. The third-order valence-corrected chi connectivity index (χ3v) is 0.865. The van der Waals surface area contributed by atoms with Crippen LogP contribution < -0.4 is 0 Å². The molecular formula is C4H5ClF3N. The quantitative estimate of drug-likeness (QED) is 0.520. The van der Waals surface area contributed by atoms with Crippen molar-refractivity contribution in [3.63, 3.8) is 0 Å². The van der Waals surface area contributed by atoms with E-state index in [4.69, 9.17) is 0 Å². The van der Waals surface area contributed by atoms with Gasteiger partial charge in [0, 0.05) is 6.54 Å². The molecular weight excluding hydrogens is 154 g/mol. The van der Waals surface area contributed by atoms with E-state index in [0.29, 0.717) is 0 Å². The average Bonchev–Trinajstić information content (AvgIpc) is 1.64. The SMILES string of the molecule is CCN=C(Cl)C(F)(F)F. The van der Waals surface area contributed by atoms with Gasteiger partial charge in [0.05, 0.1) is 0 Å². The third kappa shape index (κ3) is 3.35. The van der Waals surface area contributed by atoms with Gasteiger partial charge in [-0.3, -0.25) is 4.99 Å². The summed E-state index contributed by atoms with van der Waals surface area (Å²) in [4.78, 5) is 2.95. The molecule has 0 aromatic carbocycles. The molecule has 9 heavy (non-hydrogen) atoms. The highest BCUT2D eigenvalue weighted by Crippen LogP contribution is 2.19. The Morgan fingerprint density at radius 2 is 2.00 bits per heavy atom. The zero-order valence-corrected chi connectivity index (χ0v) is 5.42. The average molecular weight is 160 g/mol. The first-order valence-corrected chi connectivity index (χ1v) is 2.63. The minimum absolute atomic E-state index is 0.0539. The molecule has 0 aromatic heterocycles. The highest BCUT2D eigenvalue weighted by molar-refractivity contribution is 6.66. The number of halogens is 4. The first kappa shape index (κ1) is 8.75. The fourth-order valence-electron chi connectivity index (χ4n) is 0.228. The van der Waals surface area contributed by atoms with Crippen molar-refractivity contribution in [1.29, 1.82) is 0 Å². The lowest BCUT2D eigenvalue weighted by molar-refractivity contribution is -0.0560. The molecule has 0 aliphatic rings. The molecule has 1 nitrogen and oxygen atoms in total. The molecule has 0 rings (SSSR count). The molecule has 0 amide bonds. The second-order valence-corrected chi connectivity index (χ2v) is 1.62. The maximum atomic E-state index is 11.4. The molecule has 0 aliphatic heterocycles. The van der Waals surface area contributed by atoms with Crippen LogP contribution in [0.5, 0.6) is 0 Å². The summed E-state index contributed by atoms with van der Waals surface area (Å²) in [5, 5.41) is -1.29. The van der Waals surface area contributed by atoms with Crippen LogP contribution in [0.4, 0.5) is 13.2 Å². The summed E-state index contributed by atoms with van der Waals surface area (Å²) in [7, 11) is 0. The van der Waals surface area contributed by atoms with Crippen LogP contribution in [-0.2, 0) is 0 Å². The second kappa shape index (κ2) is 3.06. The Labute approximate surface area is 55.5 Å². The first-order valence-electron chi connectivity index (χ1n) is 2.25. The molecule has 0 fully saturated rings. The van der Waals surface area contributed by atoms with Crippen LogP contribution in [0, 0.1) is 0 Å². The standard InChI is InChI=1S/C4H5ClF3N/c1-2-9-3(5)4(6,7)8/h2H2,1H3. The lowest BCUT2D eigenvalue weighted by Gasteiger charge is -2.00. The van der Waals surface area contributed by atoms with Gasteiger partial charge in [-0.15, -0.1) is 0 Å². The van der Waals surface area contributed by atoms with Gasteiger partial charge in [0.15, 0.2) is 0 Å². The summed E-state index contributed by atoms with van der Waals surface area (Å²) in [5.41, 5.74) is 0. The predicted octanol–water partition coefficient (Wildman–Crippen LogP) is 2.21. The smallest absolute Gasteiger partial charge is 0.270 e. The summed E-state index contributed by atoms with van der Waals surface area (Å²) in [6, 6.07) is 0. The van der Waals surface area contributed by atoms with Gasteiger partial charge in [-0.2, -0.15) is 13.2 Å². The van der Waals surface area contributed by atoms with Gasteiger partial charge >= 0.3 is 6.18 Å². The molecule has 0 aromatic rings. The van der Waals surface area contributed by atoms with E-state index >= 15 is 0 Å². The van der Waals surface area contributed by atoms with Crippen molar-refractivity contribution in [3.8, 4) is 0 Å². The van der Waals surface area contributed by atoms with Crippen LogP contribution in [0.3, 0.4) is 0 Å². The second-order valence-electron chi connectivity index (χ2n) is 1.26. The van der Waals surface area contributed by atoms with Crippen LogP contribution >= 0.6 is 11.6 Å². The Hall–Kier alpha value is -0.250. The number of hydrogen-bond acceptors (Lipinski definition) is 1. The van der Waals surface area contributed by atoms with Crippen LogP contribution in [0.1, 0.15) is 6.92 Å². The molecule has 5 heteroatoms. The fraction of sp³-hybridized carbons (Fsp3) is 0.750. The van der Waals surface area contributed by atoms with Crippen LogP contribution in [0.2, 0.25) is 0 Å². The summed E-state index contributed by atoms with van der Waals surface area (Å²) in [6.45, 7) is 1.53. The predicted molar refractivity (Wildman–Crippen MR) is 29.9 cm³/mol. The Bertz CT molecular complexity index is 117. The van der Waals surface area contributed by atoms with Gasteiger partial charge in [-0.1, -0.05) is 11.6 Å². The molecule has 0 bridgehead atoms. The topological polar surface area (TPSA) is 12.4 Å². The number of rotatable bonds is 1. The summed E-state index contributed by atoms with van der Waals surface area (Å²) in [5.74, 6) is 0. The van der Waals surface area contributed by atoms with E-state index in [2.05, 4.69) is 16.6 Å². The Morgan fingerprint density at radius 1 is 1.56 bits per heavy atom. The van der Waals surface area contributed by atoms with Crippen molar-refractivity contribution in [2.24, 2.45) is 4.99 Å². The molecule has 0 unspecified atom stereocenters. The van der Waals surface area contributed by atoms with Crippen molar-refractivity contribution >= 4 is 16.8 Å². The molecule has 0 heterocycles. The molecule has 0 saturated heterocycles. The first-order chi connectivity index (χ1) is 3.98. The monoisotopic (exact) mass is 159 g/mol. The van der Waals surface area contributed by atoms with Gasteiger partial charge in [0.1, 0.15) is 0 Å². The van der Waals surface area contributed by atoms with Crippen LogP contribution in [0.25, 0.3) is 0 Å². The Balaban J connectivity index is 4.03. The number of hydrogen-bond donors (Lipinski definition) is 0. The maximum Gasteiger partial charge on any atom is 0.444 e. The molecule has 0 radical (unpaired) electrons. The van der Waals surface area contributed by atoms with Crippen LogP contribution in [0.15, 0.2) is 4.99 Å². The van der Waals surface area contributed by atoms with E-state index < -0.39 is 11.3 Å². The van der Waals surface area contributed by atoms with Gasteiger partial charge in [0.2, 0.25) is 5.17 Å². The molecule has 0 spiro atoms. The van der Waals surface area contributed by atoms with E-state index in [1.807, 2.05) is 0 Å². The van der Waals surface area contributed by atoms with Gasteiger partial charge in [-0.25, -0.2) is 0 Å². The van der Waals surface area contributed by atoms with Gasteiger partial charge in [0.25, 0.3) is 0 Å². The van der Waals surface area contributed by atoms with E-state index in [9.17, 15) is 13.2 Å². The Morgan fingerprint density at radius 3 is 2.11 bits per heavy atom. The highest BCUT2D eigenvalue weighted by Gasteiger charge is 2.33. The minimum Gasteiger partial charge on any atom is -0.270 e. The van der Waals surface area contributed by atoms with Crippen molar-refractivity contribution in [2.75, 3.05) is 6.54 Å². The van der Waals surface area contributed by atoms with Crippen molar-refractivity contribution in [1.82, 2.24) is 0 Å². The molecule has 0 aliphatic carbocycles. The maximum absolute atomic E-state index is 11.4. The summed E-state index contributed by atoms with van der Waals surface area (Å²) in [6.07, 6.45) is -4.47. The lowest BCUT2D eigenvalue weighted by Crippen LogP contribution is -2.17. The molecule has 54 valence electrons. The Kier molecular flexibility index (Phi) is 2.97. The van der Waals surface area contributed by atoms with Gasteiger partial charge in [-0.05, 0) is 6.92 Å². The van der Waals surface area contributed by atoms with Gasteiger partial charge < -0.3 is 0 Å². The van der Waals surface area contributed by atoms with E-state index in [0.717, 1.165) is 0 Å². The zero-order valence-electron chi connectivity index (χ0n) is 4.67. The third-order valence-electron chi connectivity index (χ3n) is 0.531. The fourth-order valence-corrected chi connectivity index (χ4v) is 0.348. The van der Waals surface area contributed by atoms with Crippen molar-refractivity contribution < 1.29 is 13.2 Å². The van der Waals surface area contributed by atoms with Crippen molar-refractivity contribution in [2.45, 2.75) is 13.1 Å². The zero-order chi connectivity index (χ0) is 7.49. The number of nitrogens with zero attached hydrogens (tertiary/aromatic N) is 1. The minimum atomic E-state index is -4.47. The van der Waals surface area contributed by atoms with E-state index in [-0.39, 0.29) is 6.54 Å². The van der Waals surface area contributed by atoms with Crippen molar-refractivity contribution in [3.05, 3.63) is 0 Å². The number of aliphatic imine (C=N–C) groups is 1. The molecule has 0 N–H and O–H groups in total. The molecule has 0 saturated carbocycles. The van der Waals surface area contributed by atoms with Crippen LogP contribution in [-0.4, -0.2) is 17.9 Å². The largest absolute Gasteiger partial charge is 0.444 e. The highest BCUT2D eigenvalue weighted by atomic mass is 35.5. The number of alkyl halides is 3. The lowest BCUT2D eigenvalue weighted by atomic mass is 10.7. The normalized spacial score (nSPS) is 14.1.